The fourth-order valence-electron chi connectivity index (χ4n) is 1.15. The molecule has 0 aliphatic rings. The average Bonchev–Trinajstić information content (AvgIpc) is 2.55. The lowest BCUT2D eigenvalue weighted by Crippen LogP contribution is -2.23. The molecule has 0 bridgehead atoms. The first kappa shape index (κ1) is 9.71. The van der Waals surface area contributed by atoms with Crippen LogP contribution >= 0.6 is 11.3 Å². The highest BCUT2D eigenvalue weighted by Gasteiger charge is 2.08. The van der Waals surface area contributed by atoms with E-state index in [-0.39, 0.29) is 0 Å². The summed E-state index contributed by atoms with van der Waals surface area (Å²) in [7, 11) is 1.95. The Labute approximate surface area is 77.8 Å². The van der Waals surface area contributed by atoms with Crippen LogP contribution in [0.5, 0.6) is 0 Å². The number of rotatable bonds is 4. The molecule has 0 spiro atoms. The second kappa shape index (κ2) is 4.60. The third kappa shape index (κ3) is 2.06. The summed E-state index contributed by atoms with van der Waals surface area (Å²) in [5.74, 6) is 0. The quantitative estimate of drug-likeness (QED) is 0.744. The first-order valence-electron chi connectivity index (χ1n) is 4.27. The van der Waals surface area contributed by atoms with E-state index in [9.17, 15) is 0 Å². The number of nitrogens with one attached hydrogen (secondary N) is 1. The summed E-state index contributed by atoms with van der Waals surface area (Å²) in [4.78, 5) is 2.77. The van der Waals surface area contributed by atoms with Crippen molar-refractivity contribution in [1.29, 1.82) is 0 Å². The van der Waals surface area contributed by atoms with E-state index >= 15 is 0 Å². The standard InChI is InChI=1S/C9H16N2S/c1-3-7-4-5-9(12-7)8(6-10)11-2/h4-5,8,11H,3,6,10H2,1-2H3. The van der Waals surface area contributed by atoms with E-state index in [2.05, 4.69) is 24.4 Å². The van der Waals surface area contributed by atoms with Crippen molar-refractivity contribution in [3.05, 3.63) is 21.9 Å². The highest BCUT2D eigenvalue weighted by Crippen LogP contribution is 2.22. The van der Waals surface area contributed by atoms with Crippen LogP contribution in [0.15, 0.2) is 12.1 Å². The molecule has 0 aliphatic carbocycles. The minimum absolute atomic E-state index is 0.329. The molecule has 0 radical (unpaired) electrons. The van der Waals surface area contributed by atoms with Gasteiger partial charge in [-0.2, -0.15) is 0 Å². The van der Waals surface area contributed by atoms with Crippen LogP contribution in [0.1, 0.15) is 22.7 Å². The zero-order valence-electron chi connectivity index (χ0n) is 7.63. The number of nitrogens with two attached hydrogens (primary N) is 1. The van der Waals surface area contributed by atoms with Gasteiger partial charge in [-0.3, -0.25) is 0 Å². The Hall–Kier alpha value is -0.380. The molecule has 12 heavy (non-hydrogen) atoms. The summed E-state index contributed by atoms with van der Waals surface area (Å²) in [5, 5.41) is 3.19. The van der Waals surface area contributed by atoms with E-state index in [1.54, 1.807) is 0 Å². The van der Waals surface area contributed by atoms with Gasteiger partial charge < -0.3 is 11.1 Å². The van der Waals surface area contributed by atoms with Gasteiger partial charge in [0.1, 0.15) is 0 Å². The predicted octanol–water partition coefficient (Wildman–Crippen LogP) is 1.53. The molecule has 1 heterocycles. The van der Waals surface area contributed by atoms with Gasteiger partial charge in [0.2, 0.25) is 0 Å². The molecule has 1 atom stereocenters. The lowest BCUT2D eigenvalue weighted by molar-refractivity contribution is 0.616. The maximum atomic E-state index is 5.61. The largest absolute Gasteiger partial charge is 0.329 e. The molecule has 3 N–H and O–H groups in total. The molecule has 1 aromatic rings. The molecule has 0 fully saturated rings. The summed E-state index contributed by atoms with van der Waals surface area (Å²) in [6.45, 7) is 2.84. The molecule has 68 valence electrons. The van der Waals surface area contributed by atoms with Gasteiger partial charge in [-0.05, 0) is 25.6 Å². The van der Waals surface area contributed by atoms with Crippen molar-refractivity contribution in [2.24, 2.45) is 5.73 Å². The van der Waals surface area contributed by atoms with E-state index < -0.39 is 0 Å². The molecule has 3 heteroatoms. The predicted molar refractivity (Wildman–Crippen MR) is 54.6 cm³/mol. The average molecular weight is 184 g/mol. The highest BCUT2D eigenvalue weighted by atomic mass is 32.1. The summed E-state index contributed by atoms with van der Waals surface area (Å²) >= 11 is 1.85. The van der Waals surface area contributed by atoms with Gasteiger partial charge in [0, 0.05) is 16.3 Å². The van der Waals surface area contributed by atoms with Crippen molar-refractivity contribution >= 4 is 11.3 Å². The lowest BCUT2D eigenvalue weighted by atomic mass is 10.2. The van der Waals surface area contributed by atoms with Crippen LogP contribution in [0.25, 0.3) is 0 Å². The SMILES string of the molecule is CCc1ccc(C(CN)NC)s1. The van der Waals surface area contributed by atoms with E-state index in [4.69, 9.17) is 5.73 Å². The summed E-state index contributed by atoms with van der Waals surface area (Å²) in [5.41, 5.74) is 5.61. The Balaban J connectivity index is 2.72. The van der Waals surface area contributed by atoms with Crippen LogP contribution in [-0.2, 0) is 6.42 Å². The normalized spacial score (nSPS) is 13.2. The van der Waals surface area contributed by atoms with Crippen LogP contribution < -0.4 is 11.1 Å². The number of hydrogen-bond donors (Lipinski definition) is 2. The second-order valence-electron chi connectivity index (χ2n) is 2.73. The van der Waals surface area contributed by atoms with Gasteiger partial charge in [0.05, 0.1) is 6.04 Å². The summed E-state index contributed by atoms with van der Waals surface area (Å²) in [6.07, 6.45) is 1.12. The maximum absolute atomic E-state index is 5.61. The molecule has 0 aromatic carbocycles. The zero-order chi connectivity index (χ0) is 8.97. The Bertz CT molecular complexity index is 228. The Morgan fingerprint density at radius 3 is 2.75 bits per heavy atom. The first-order chi connectivity index (χ1) is 5.81. The fourth-order valence-corrected chi connectivity index (χ4v) is 2.22. The number of aryl methyl sites for hydroxylation is 1. The van der Waals surface area contributed by atoms with Crippen molar-refractivity contribution in [2.45, 2.75) is 19.4 Å². The van der Waals surface area contributed by atoms with Gasteiger partial charge in [-0.25, -0.2) is 0 Å². The van der Waals surface area contributed by atoms with Crippen LogP contribution in [0.2, 0.25) is 0 Å². The molecule has 1 rings (SSSR count). The molecular weight excluding hydrogens is 168 g/mol. The Morgan fingerprint density at radius 2 is 2.33 bits per heavy atom. The topological polar surface area (TPSA) is 38.0 Å². The lowest BCUT2D eigenvalue weighted by Gasteiger charge is -2.10. The van der Waals surface area contributed by atoms with Crippen LogP contribution in [0.3, 0.4) is 0 Å². The summed E-state index contributed by atoms with van der Waals surface area (Å²) < 4.78 is 0. The third-order valence-corrected chi connectivity index (χ3v) is 3.30. The number of thiophene rings is 1. The van der Waals surface area contributed by atoms with E-state index in [0.29, 0.717) is 12.6 Å². The second-order valence-corrected chi connectivity index (χ2v) is 3.93. The van der Waals surface area contributed by atoms with Crippen LogP contribution in [0.4, 0.5) is 0 Å². The molecule has 0 saturated carbocycles. The van der Waals surface area contributed by atoms with Crippen LogP contribution in [0, 0.1) is 0 Å². The van der Waals surface area contributed by atoms with Crippen molar-refractivity contribution in [1.82, 2.24) is 5.32 Å². The third-order valence-electron chi connectivity index (χ3n) is 1.96. The van der Waals surface area contributed by atoms with Gasteiger partial charge in [-0.15, -0.1) is 11.3 Å². The zero-order valence-corrected chi connectivity index (χ0v) is 8.45. The van der Waals surface area contributed by atoms with Crippen molar-refractivity contribution in [3.8, 4) is 0 Å². The molecule has 2 nitrogen and oxygen atoms in total. The summed E-state index contributed by atoms with van der Waals surface area (Å²) in [6, 6.07) is 4.67. The minimum Gasteiger partial charge on any atom is -0.329 e. The highest BCUT2D eigenvalue weighted by molar-refractivity contribution is 7.12. The number of hydrogen-bond acceptors (Lipinski definition) is 3. The van der Waals surface area contributed by atoms with Gasteiger partial charge in [0.15, 0.2) is 0 Å². The monoisotopic (exact) mass is 184 g/mol. The van der Waals surface area contributed by atoms with Crippen molar-refractivity contribution in [2.75, 3.05) is 13.6 Å². The molecule has 1 unspecified atom stereocenters. The molecule has 0 saturated heterocycles. The molecule has 0 aliphatic heterocycles. The van der Waals surface area contributed by atoms with Gasteiger partial charge in [0.25, 0.3) is 0 Å². The van der Waals surface area contributed by atoms with Crippen molar-refractivity contribution < 1.29 is 0 Å². The smallest absolute Gasteiger partial charge is 0.0536 e. The first-order valence-corrected chi connectivity index (χ1v) is 5.09. The molecule has 0 amide bonds. The van der Waals surface area contributed by atoms with Gasteiger partial charge in [-0.1, -0.05) is 6.92 Å². The number of likely N-dealkylation sites (N-methyl/N-ethyl adjacent to an activating group) is 1. The Morgan fingerprint density at radius 1 is 1.58 bits per heavy atom. The Kier molecular flexibility index (Phi) is 3.72. The molecular formula is C9H16N2S. The van der Waals surface area contributed by atoms with E-state index in [1.807, 2.05) is 18.4 Å². The van der Waals surface area contributed by atoms with Crippen molar-refractivity contribution in [3.63, 3.8) is 0 Å². The molecule has 1 aromatic heterocycles. The van der Waals surface area contributed by atoms with E-state index in [0.717, 1.165) is 6.42 Å². The van der Waals surface area contributed by atoms with E-state index in [1.165, 1.54) is 9.75 Å². The van der Waals surface area contributed by atoms with Crippen LogP contribution in [-0.4, -0.2) is 13.6 Å². The maximum Gasteiger partial charge on any atom is 0.0536 e. The van der Waals surface area contributed by atoms with Gasteiger partial charge >= 0.3 is 0 Å². The minimum atomic E-state index is 0.329. The fraction of sp³-hybridized carbons (Fsp3) is 0.556.